The van der Waals surface area contributed by atoms with E-state index in [4.69, 9.17) is 10.00 Å². The predicted molar refractivity (Wildman–Crippen MR) is 89.7 cm³/mol. The molecule has 3 heterocycles. The number of nitrogens with zero attached hydrogens (tertiary/aromatic N) is 5. The Hall–Kier alpha value is -3.40. The van der Waals surface area contributed by atoms with E-state index in [0.29, 0.717) is 24.5 Å². The van der Waals surface area contributed by atoms with Crippen molar-refractivity contribution in [3.8, 4) is 11.9 Å². The molecule has 0 saturated carbocycles. The minimum absolute atomic E-state index is 0.0294. The van der Waals surface area contributed by atoms with Crippen LogP contribution in [0.15, 0.2) is 48.9 Å². The zero-order valence-electron chi connectivity index (χ0n) is 13.4. The molecule has 0 spiro atoms. The SMILES string of the molecule is N#Cc1ccnc(OC2CN(C(=O)Cn3cnc4ccccc43)C2)c1. The molecule has 2 aromatic heterocycles. The van der Waals surface area contributed by atoms with Crippen LogP contribution < -0.4 is 4.74 Å². The second kappa shape index (κ2) is 6.24. The Labute approximate surface area is 144 Å². The third kappa shape index (κ3) is 3.02. The van der Waals surface area contributed by atoms with E-state index in [1.54, 1.807) is 29.6 Å². The standard InChI is InChI=1S/C18H15N5O2/c19-8-13-5-6-20-17(7-13)25-14-9-22(10-14)18(24)11-23-12-21-15-3-1-2-4-16(15)23/h1-7,12,14H,9-11H2. The summed E-state index contributed by atoms with van der Waals surface area (Å²) in [5, 5.41) is 8.89. The summed E-state index contributed by atoms with van der Waals surface area (Å²) in [4.78, 5) is 22.5. The van der Waals surface area contributed by atoms with Gasteiger partial charge in [-0.05, 0) is 18.2 Å². The molecule has 7 nitrogen and oxygen atoms in total. The Bertz CT molecular complexity index is 969. The lowest BCUT2D eigenvalue weighted by Crippen LogP contribution is -2.56. The molecule has 0 unspecified atom stereocenters. The number of benzene rings is 1. The van der Waals surface area contributed by atoms with Gasteiger partial charge in [0.25, 0.3) is 0 Å². The number of rotatable bonds is 4. The molecule has 7 heteroatoms. The molecule has 0 atom stereocenters. The first kappa shape index (κ1) is 15.1. The Balaban J connectivity index is 1.34. The van der Waals surface area contributed by atoms with Crippen LogP contribution in [0.25, 0.3) is 11.0 Å². The third-order valence-corrected chi connectivity index (χ3v) is 4.19. The molecule has 1 fully saturated rings. The first-order valence-electron chi connectivity index (χ1n) is 7.93. The van der Waals surface area contributed by atoms with Crippen LogP contribution >= 0.6 is 0 Å². The number of ether oxygens (including phenoxy) is 1. The third-order valence-electron chi connectivity index (χ3n) is 4.19. The van der Waals surface area contributed by atoms with Gasteiger partial charge in [-0.3, -0.25) is 4.79 Å². The van der Waals surface area contributed by atoms with Gasteiger partial charge >= 0.3 is 0 Å². The van der Waals surface area contributed by atoms with Crippen LogP contribution in [0, 0.1) is 11.3 Å². The molecular weight excluding hydrogens is 318 g/mol. The lowest BCUT2D eigenvalue weighted by Gasteiger charge is -2.38. The molecule has 0 aliphatic carbocycles. The number of carbonyl (C=O) groups excluding carboxylic acids is 1. The average molecular weight is 333 g/mol. The number of para-hydroxylation sites is 2. The van der Waals surface area contributed by atoms with Crippen molar-refractivity contribution in [2.45, 2.75) is 12.6 Å². The van der Waals surface area contributed by atoms with Crippen molar-refractivity contribution in [2.75, 3.05) is 13.1 Å². The summed E-state index contributed by atoms with van der Waals surface area (Å²) < 4.78 is 7.55. The van der Waals surface area contributed by atoms with Gasteiger partial charge in [0.15, 0.2) is 0 Å². The molecule has 4 rings (SSSR count). The van der Waals surface area contributed by atoms with Crippen molar-refractivity contribution < 1.29 is 9.53 Å². The fraction of sp³-hybridized carbons (Fsp3) is 0.222. The Morgan fingerprint density at radius 2 is 2.12 bits per heavy atom. The number of nitriles is 1. The Kier molecular flexibility index (Phi) is 3.78. The predicted octanol–water partition coefficient (Wildman–Crippen LogP) is 1.59. The number of amides is 1. The summed E-state index contributed by atoms with van der Waals surface area (Å²) in [6.45, 7) is 1.29. The lowest BCUT2D eigenvalue weighted by molar-refractivity contribution is -0.140. The molecule has 1 aromatic carbocycles. The van der Waals surface area contributed by atoms with Crippen LogP contribution in [0.5, 0.6) is 5.88 Å². The number of aromatic nitrogens is 3. The number of hydrogen-bond acceptors (Lipinski definition) is 5. The van der Waals surface area contributed by atoms with Gasteiger partial charge in [0.1, 0.15) is 12.6 Å². The van der Waals surface area contributed by atoms with Crippen LogP contribution in [0.4, 0.5) is 0 Å². The zero-order valence-corrected chi connectivity index (χ0v) is 13.4. The van der Waals surface area contributed by atoms with E-state index in [1.165, 1.54) is 0 Å². The van der Waals surface area contributed by atoms with Crippen molar-refractivity contribution in [1.82, 2.24) is 19.4 Å². The number of hydrogen-bond donors (Lipinski definition) is 0. The summed E-state index contributed by atoms with van der Waals surface area (Å²) >= 11 is 0. The summed E-state index contributed by atoms with van der Waals surface area (Å²) in [7, 11) is 0. The Morgan fingerprint density at radius 1 is 1.28 bits per heavy atom. The maximum absolute atomic E-state index is 12.4. The van der Waals surface area contributed by atoms with Crippen LogP contribution in [0.1, 0.15) is 5.56 Å². The topological polar surface area (TPSA) is 84.0 Å². The molecular formula is C18H15N5O2. The molecule has 1 aliphatic heterocycles. The maximum Gasteiger partial charge on any atom is 0.242 e. The van der Waals surface area contributed by atoms with Crippen LogP contribution in [0.2, 0.25) is 0 Å². The van der Waals surface area contributed by atoms with Crippen molar-refractivity contribution in [2.24, 2.45) is 0 Å². The van der Waals surface area contributed by atoms with Gasteiger partial charge in [-0.1, -0.05) is 12.1 Å². The highest BCUT2D eigenvalue weighted by Crippen LogP contribution is 2.18. The minimum atomic E-state index is -0.0927. The summed E-state index contributed by atoms with van der Waals surface area (Å²) in [6.07, 6.45) is 3.14. The fourth-order valence-corrected chi connectivity index (χ4v) is 2.81. The van der Waals surface area contributed by atoms with E-state index >= 15 is 0 Å². The molecule has 0 radical (unpaired) electrons. The average Bonchev–Trinajstić information content (AvgIpc) is 3.01. The summed E-state index contributed by atoms with van der Waals surface area (Å²) in [5.74, 6) is 0.443. The normalized spacial score (nSPS) is 14.1. The number of fused-ring (bicyclic) bond motifs is 1. The summed E-state index contributed by atoms with van der Waals surface area (Å²) in [5.41, 5.74) is 2.33. The van der Waals surface area contributed by atoms with E-state index in [1.807, 2.05) is 34.9 Å². The van der Waals surface area contributed by atoms with Crippen LogP contribution in [-0.4, -0.2) is 44.5 Å². The Morgan fingerprint density at radius 3 is 2.96 bits per heavy atom. The molecule has 25 heavy (non-hydrogen) atoms. The molecule has 1 aliphatic rings. The maximum atomic E-state index is 12.4. The van der Waals surface area contributed by atoms with Gasteiger partial charge < -0.3 is 14.2 Å². The number of pyridine rings is 1. The van der Waals surface area contributed by atoms with Crippen molar-refractivity contribution >= 4 is 16.9 Å². The van der Waals surface area contributed by atoms with Gasteiger partial charge in [0.05, 0.1) is 42.1 Å². The van der Waals surface area contributed by atoms with Gasteiger partial charge in [0.2, 0.25) is 11.8 Å². The zero-order chi connectivity index (χ0) is 17.2. The second-order valence-corrected chi connectivity index (χ2v) is 5.89. The highest BCUT2D eigenvalue weighted by molar-refractivity contribution is 5.81. The first-order valence-corrected chi connectivity index (χ1v) is 7.93. The van der Waals surface area contributed by atoms with Crippen LogP contribution in [-0.2, 0) is 11.3 Å². The van der Waals surface area contributed by atoms with E-state index in [0.717, 1.165) is 11.0 Å². The quantitative estimate of drug-likeness (QED) is 0.724. The molecule has 3 aromatic rings. The first-order chi connectivity index (χ1) is 12.2. The molecule has 124 valence electrons. The molecule has 0 N–H and O–H groups in total. The van der Waals surface area contributed by atoms with E-state index < -0.39 is 0 Å². The second-order valence-electron chi connectivity index (χ2n) is 5.89. The fourth-order valence-electron chi connectivity index (χ4n) is 2.81. The number of likely N-dealkylation sites (tertiary alicyclic amines) is 1. The molecule has 1 saturated heterocycles. The lowest BCUT2D eigenvalue weighted by atomic mass is 10.1. The summed E-state index contributed by atoms with van der Waals surface area (Å²) in [6, 6.07) is 13.0. The van der Waals surface area contributed by atoms with Gasteiger partial charge in [-0.15, -0.1) is 0 Å². The number of carbonyl (C=O) groups is 1. The monoisotopic (exact) mass is 333 g/mol. The van der Waals surface area contributed by atoms with Crippen molar-refractivity contribution in [3.63, 3.8) is 0 Å². The number of imidazole rings is 1. The highest BCUT2D eigenvalue weighted by atomic mass is 16.5. The van der Waals surface area contributed by atoms with E-state index in [-0.39, 0.29) is 18.6 Å². The highest BCUT2D eigenvalue weighted by Gasteiger charge is 2.32. The van der Waals surface area contributed by atoms with E-state index in [9.17, 15) is 4.79 Å². The van der Waals surface area contributed by atoms with Crippen LogP contribution in [0.3, 0.4) is 0 Å². The molecule has 1 amide bonds. The van der Waals surface area contributed by atoms with Crippen molar-refractivity contribution in [3.05, 3.63) is 54.5 Å². The van der Waals surface area contributed by atoms with Gasteiger partial charge in [-0.2, -0.15) is 5.26 Å². The largest absolute Gasteiger partial charge is 0.471 e. The minimum Gasteiger partial charge on any atom is -0.471 e. The van der Waals surface area contributed by atoms with Gasteiger partial charge in [-0.25, -0.2) is 9.97 Å². The smallest absolute Gasteiger partial charge is 0.242 e. The van der Waals surface area contributed by atoms with Crippen molar-refractivity contribution in [1.29, 1.82) is 5.26 Å². The molecule has 0 bridgehead atoms. The van der Waals surface area contributed by atoms with E-state index in [2.05, 4.69) is 9.97 Å². The van der Waals surface area contributed by atoms with Gasteiger partial charge in [0, 0.05) is 12.3 Å².